The van der Waals surface area contributed by atoms with E-state index >= 15 is 0 Å². The average Bonchev–Trinajstić information content (AvgIpc) is 2.46. The number of nitrogens with one attached hydrogen (secondary N) is 1. The molecule has 2 rings (SSSR count). The van der Waals surface area contributed by atoms with Gasteiger partial charge in [-0.2, -0.15) is 5.26 Å². The summed E-state index contributed by atoms with van der Waals surface area (Å²) in [5, 5.41) is 12.0. The molecule has 1 aliphatic heterocycles. The molecule has 1 unspecified atom stereocenters. The largest absolute Gasteiger partial charge is 0.326 e. The van der Waals surface area contributed by atoms with Crippen molar-refractivity contribution in [2.45, 2.75) is 20.8 Å². The van der Waals surface area contributed by atoms with Crippen molar-refractivity contribution in [1.29, 1.82) is 5.26 Å². The Morgan fingerprint density at radius 1 is 1.50 bits per heavy atom. The highest BCUT2D eigenvalue weighted by atomic mass is 16.1. The zero-order chi connectivity index (χ0) is 16.3. The highest BCUT2D eigenvalue weighted by Gasteiger charge is 2.31. The van der Waals surface area contributed by atoms with Gasteiger partial charge < -0.3 is 5.32 Å². The Hall–Kier alpha value is -2.92. The van der Waals surface area contributed by atoms with Crippen molar-refractivity contribution in [1.82, 2.24) is 0 Å². The van der Waals surface area contributed by atoms with Crippen molar-refractivity contribution >= 4 is 23.0 Å². The molecular weight excluding hydrogens is 276 g/mol. The monoisotopic (exact) mass is 292 g/mol. The first-order valence-corrected chi connectivity index (χ1v) is 6.92. The molecule has 0 radical (unpaired) electrons. The molecule has 1 aromatic rings. The van der Waals surface area contributed by atoms with Gasteiger partial charge in [-0.05, 0) is 24.6 Å². The number of amides is 1. The van der Waals surface area contributed by atoms with E-state index in [1.165, 1.54) is 6.92 Å². The van der Waals surface area contributed by atoms with Gasteiger partial charge in [-0.3, -0.25) is 9.79 Å². The van der Waals surface area contributed by atoms with Crippen molar-refractivity contribution in [2.75, 3.05) is 5.32 Å². The summed E-state index contributed by atoms with van der Waals surface area (Å²) in [5.74, 6) is -0.719. The number of allylic oxidation sites excluding steroid dienone is 1. The number of carbonyl (C=O) groups excluding carboxylic acids is 1. The lowest BCUT2D eigenvalue weighted by Gasteiger charge is -2.24. The fourth-order valence-electron chi connectivity index (χ4n) is 2.56. The van der Waals surface area contributed by atoms with E-state index in [-0.39, 0.29) is 17.7 Å². The van der Waals surface area contributed by atoms with Gasteiger partial charge in [-0.1, -0.05) is 19.1 Å². The molecule has 22 heavy (non-hydrogen) atoms. The van der Waals surface area contributed by atoms with Gasteiger partial charge in [0.05, 0.1) is 24.3 Å². The van der Waals surface area contributed by atoms with E-state index in [9.17, 15) is 10.1 Å². The van der Waals surface area contributed by atoms with Crippen molar-refractivity contribution < 1.29 is 4.79 Å². The normalized spacial score (nSPS) is 20.7. The Morgan fingerprint density at radius 3 is 2.82 bits per heavy atom. The number of hydrogen-bond donors (Lipinski definition) is 1. The first kappa shape index (κ1) is 15.5. The molecular formula is C17H16N4O. The quantitative estimate of drug-likeness (QED) is 0.848. The molecule has 5 heteroatoms. The van der Waals surface area contributed by atoms with Crippen molar-refractivity contribution in [3.63, 3.8) is 0 Å². The van der Waals surface area contributed by atoms with E-state index in [0.29, 0.717) is 22.8 Å². The maximum absolute atomic E-state index is 11.2. The minimum atomic E-state index is -0.369. The van der Waals surface area contributed by atoms with Gasteiger partial charge in [0.1, 0.15) is 0 Å². The fourth-order valence-corrected chi connectivity index (χ4v) is 2.56. The smallest absolute Gasteiger partial charge is 0.221 e. The van der Waals surface area contributed by atoms with Crippen LogP contribution in [0.2, 0.25) is 0 Å². The van der Waals surface area contributed by atoms with E-state index in [1.807, 2.05) is 19.9 Å². The molecule has 1 N–H and O–H groups in total. The Labute approximate surface area is 129 Å². The van der Waals surface area contributed by atoms with E-state index in [1.54, 1.807) is 18.2 Å². The van der Waals surface area contributed by atoms with Crippen LogP contribution >= 0.6 is 0 Å². The minimum Gasteiger partial charge on any atom is -0.326 e. The molecule has 2 atom stereocenters. The van der Waals surface area contributed by atoms with Crippen LogP contribution in [0.25, 0.3) is 10.5 Å². The summed E-state index contributed by atoms with van der Waals surface area (Å²) in [7, 11) is 0. The summed E-state index contributed by atoms with van der Waals surface area (Å²) >= 11 is 0. The molecule has 0 bridgehead atoms. The molecule has 1 amide bonds. The predicted octanol–water partition coefficient (Wildman–Crippen LogP) is 3.48. The van der Waals surface area contributed by atoms with Gasteiger partial charge in [0.25, 0.3) is 0 Å². The molecule has 0 saturated carbocycles. The molecule has 0 aromatic heterocycles. The number of hydrogen-bond acceptors (Lipinski definition) is 3. The maximum Gasteiger partial charge on any atom is 0.221 e. The molecule has 0 aliphatic carbocycles. The van der Waals surface area contributed by atoms with Crippen molar-refractivity contribution in [3.8, 4) is 6.07 Å². The first-order valence-electron chi connectivity index (χ1n) is 6.92. The van der Waals surface area contributed by atoms with Gasteiger partial charge >= 0.3 is 0 Å². The summed E-state index contributed by atoms with van der Waals surface area (Å²) in [6.07, 6.45) is 0. The summed E-state index contributed by atoms with van der Waals surface area (Å²) in [4.78, 5) is 19.2. The number of nitrogens with zero attached hydrogens (tertiary/aromatic N) is 3. The predicted molar refractivity (Wildman–Crippen MR) is 85.6 cm³/mol. The molecule has 1 heterocycles. The molecule has 0 fully saturated rings. The summed E-state index contributed by atoms with van der Waals surface area (Å²) in [5.41, 5.74) is 3.20. The lowest BCUT2D eigenvalue weighted by Crippen LogP contribution is -2.23. The van der Waals surface area contributed by atoms with Gasteiger partial charge in [-0.25, -0.2) is 4.85 Å². The molecule has 1 aliphatic rings. The maximum atomic E-state index is 11.2. The van der Waals surface area contributed by atoms with Gasteiger partial charge in [0, 0.05) is 24.2 Å². The molecule has 5 nitrogen and oxygen atoms in total. The third-order valence-electron chi connectivity index (χ3n) is 3.63. The Balaban J connectivity index is 2.53. The Morgan fingerprint density at radius 2 is 2.23 bits per heavy atom. The topological polar surface area (TPSA) is 69.6 Å². The zero-order valence-corrected chi connectivity index (χ0v) is 12.7. The highest BCUT2D eigenvalue weighted by molar-refractivity contribution is 5.96. The van der Waals surface area contributed by atoms with E-state index in [4.69, 9.17) is 6.57 Å². The van der Waals surface area contributed by atoms with Crippen LogP contribution in [0.4, 0.5) is 5.69 Å². The Kier molecular flexibility index (Phi) is 4.39. The number of carbonyl (C=O) groups is 1. The van der Waals surface area contributed by atoms with E-state index in [0.717, 1.165) is 5.56 Å². The van der Waals surface area contributed by atoms with Crippen LogP contribution in [0.3, 0.4) is 0 Å². The van der Waals surface area contributed by atoms with Crippen LogP contribution in [-0.2, 0) is 4.79 Å². The van der Waals surface area contributed by atoms with Crippen LogP contribution < -0.4 is 5.32 Å². The van der Waals surface area contributed by atoms with Crippen molar-refractivity contribution in [2.24, 2.45) is 16.8 Å². The van der Waals surface area contributed by atoms with Crippen LogP contribution in [-0.4, -0.2) is 11.6 Å². The number of benzene rings is 1. The van der Waals surface area contributed by atoms with E-state index < -0.39 is 0 Å². The summed E-state index contributed by atoms with van der Waals surface area (Å²) in [6.45, 7) is 12.5. The fraction of sp³-hybridized carbons (Fsp3) is 0.294. The molecule has 1 aromatic carbocycles. The second-order valence-electron chi connectivity index (χ2n) is 5.26. The van der Waals surface area contributed by atoms with Gasteiger partial charge in [0.2, 0.25) is 5.91 Å². The first-order chi connectivity index (χ1) is 10.5. The second-order valence-corrected chi connectivity index (χ2v) is 5.26. The number of nitriles is 1. The van der Waals surface area contributed by atoms with Crippen molar-refractivity contribution in [3.05, 3.63) is 46.9 Å². The molecule has 0 saturated heterocycles. The van der Waals surface area contributed by atoms with E-state index in [2.05, 4.69) is 21.2 Å². The summed E-state index contributed by atoms with van der Waals surface area (Å²) < 4.78 is 0. The van der Waals surface area contributed by atoms with Crippen LogP contribution in [0.5, 0.6) is 0 Å². The summed E-state index contributed by atoms with van der Waals surface area (Å²) in [6, 6.07) is 9.44. The van der Waals surface area contributed by atoms with Crippen LogP contribution in [0.1, 0.15) is 26.3 Å². The van der Waals surface area contributed by atoms with Gasteiger partial charge in [-0.15, -0.1) is 0 Å². The second kappa shape index (κ2) is 6.24. The lowest BCUT2D eigenvalue weighted by atomic mass is 9.84. The third kappa shape index (κ3) is 2.89. The van der Waals surface area contributed by atoms with Crippen LogP contribution in [0, 0.1) is 29.7 Å². The molecule has 110 valence electrons. The standard InChI is InChI=1S/C17H16N4O/c1-10-15(9-18)11(2)20-17(16(10)19-4)13-6-5-7-14(8-13)21-12(3)22/h5-8,10,15H,1-3H3,(H,21,22)/t10-,15?/m1/s1. The van der Waals surface area contributed by atoms with Crippen LogP contribution in [0.15, 0.2) is 35.0 Å². The Bertz CT molecular complexity index is 762. The number of rotatable bonds is 2. The number of aliphatic imine (C=N–C) groups is 1. The lowest BCUT2D eigenvalue weighted by molar-refractivity contribution is -0.114. The zero-order valence-electron chi connectivity index (χ0n) is 12.7. The average molecular weight is 292 g/mol. The highest BCUT2D eigenvalue weighted by Crippen LogP contribution is 2.36. The number of anilines is 1. The third-order valence-corrected chi connectivity index (χ3v) is 3.63. The SMILES string of the molecule is [C-]#[N+]C1=C(c2cccc(NC(C)=O)c2)N=C(C)C(C#N)[C@H]1C. The molecule has 0 spiro atoms. The minimum absolute atomic E-state index is 0.155. The van der Waals surface area contributed by atoms with Gasteiger partial charge in [0.15, 0.2) is 5.70 Å².